The third-order valence-electron chi connectivity index (χ3n) is 5.20. The molecule has 0 spiro atoms. The lowest BCUT2D eigenvalue weighted by molar-refractivity contribution is -0.118. The highest BCUT2D eigenvalue weighted by molar-refractivity contribution is 6.03. The van der Waals surface area contributed by atoms with Crippen LogP contribution in [0.25, 0.3) is 10.9 Å². The van der Waals surface area contributed by atoms with E-state index in [2.05, 4.69) is 9.97 Å². The number of para-hydroxylation sites is 1. The molecule has 1 saturated carbocycles. The number of carbonyl (C=O) groups excluding carboxylic acids is 1. The van der Waals surface area contributed by atoms with Gasteiger partial charge in [0.05, 0.1) is 23.7 Å². The van der Waals surface area contributed by atoms with Gasteiger partial charge in [-0.3, -0.25) is 9.78 Å². The maximum Gasteiger partial charge on any atom is 0.231 e. The molecule has 0 radical (unpaired) electrons. The maximum atomic E-state index is 13.3. The van der Waals surface area contributed by atoms with Gasteiger partial charge in [0.15, 0.2) is 0 Å². The lowest BCUT2D eigenvalue weighted by atomic mass is 9.91. The highest BCUT2D eigenvalue weighted by Crippen LogP contribution is 2.32. The number of aliphatic hydroxyl groups excluding tert-OH is 1. The fourth-order valence-electron chi connectivity index (χ4n) is 3.88. The second-order valence-electron chi connectivity index (χ2n) is 6.98. The van der Waals surface area contributed by atoms with Crippen molar-refractivity contribution in [2.75, 3.05) is 4.90 Å². The largest absolute Gasteiger partial charge is 0.393 e. The number of fused-ring (bicyclic) bond motifs is 1. The monoisotopic (exact) mass is 349 g/mol. The fraction of sp³-hybridized carbons (Fsp3) is 0.333. The maximum absolute atomic E-state index is 13.3. The molecule has 1 aliphatic rings. The molecule has 2 aromatic heterocycles. The Morgan fingerprint density at radius 2 is 2.00 bits per heavy atom. The van der Waals surface area contributed by atoms with Crippen LogP contribution in [0.3, 0.4) is 0 Å². The summed E-state index contributed by atoms with van der Waals surface area (Å²) >= 11 is 0. The Kier molecular flexibility index (Phi) is 4.71. The van der Waals surface area contributed by atoms with Crippen LogP contribution in [0.5, 0.6) is 0 Å². The van der Waals surface area contributed by atoms with Crippen molar-refractivity contribution in [2.45, 2.75) is 44.2 Å². The van der Waals surface area contributed by atoms with E-state index in [0.29, 0.717) is 6.42 Å². The minimum absolute atomic E-state index is 0.0708. The van der Waals surface area contributed by atoms with Crippen molar-refractivity contribution in [2.24, 2.45) is 0 Å². The predicted octanol–water partition coefficient (Wildman–Crippen LogP) is 3.44. The van der Waals surface area contributed by atoms with E-state index in [1.165, 1.54) is 0 Å². The molecule has 4 rings (SSSR count). The van der Waals surface area contributed by atoms with Crippen LogP contribution in [0.2, 0.25) is 0 Å². The minimum atomic E-state index is -0.247. The molecular weight excluding hydrogens is 326 g/mol. The molecule has 0 atom stereocenters. The van der Waals surface area contributed by atoms with E-state index < -0.39 is 0 Å². The number of nitrogens with one attached hydrogen (secondary N) is 1. The lowest BCUT2D eigenvalue weighted by Gasteiger charge is -2.36. The standard InChI is InChI=1S/C21H23N3O2/c25-18-8-6-17(7-9-18)24(20(26)13-15-3-2-11-22-14-15)19-5-1-4-16-10-12-23-21(16)19/h1-5,10-12,14,17-18,23,25H,6-9,13H2. The number of aromatic nitrogens is 2. The molecule has 3 aromatic rings. The molecule has 0 saturated heterocycles. The Morgan fingerprint density at radius 3 is 2.77 bits per heavy atom. The number of benzene rings is 1. The molecule has 5 heteroatoms. The van der Waals surface area contributed by atoms with Crippen molar-refractivity contribution in [3.63, 3.8) is 0 Å². The molecule has 0 bridgehead atoms. The summed E-state index contributed by atoms with van der Waals surface area (Å²) in [6, 6.07) is 12.0. The average molecular weight is 349 g/mol. The van der Waals surface area contributed by atoms with E-state index in [9.17, 15) is 9.90 Å². The second kappa shape index (κ2) is 7.30. The molecule has 0 aliphatic heterocycles. The number of nitrogens with zero attached hydrogens (tertiary/aromatic N) is 2. The van der Waals surface area contributed by atoms with Gasteiger partial charge in [-0.1, -0.05) is 18.2 Å². The summed E-state index contributed by atoms with van der Waals surface area (Å²) in [5.41, 5.74) is 2.82. The van der Waals surface area contributed by atoms with Crippen molar-refractivity contribution in [1.82, 2.24) is 9.97 Å². The smallest absolute Gasteiger partial charge is 0.231 e. The molecule has 2 heterocycles. The first kappa shape index (κ1) is 16.8. The fourth-order valence-corrected chi connectivity index (χ4v) is 3.88. The Bertz CT molecular complexity index is 882. The zero-order valence-electron chi connectivity index (χ0n) is 14.6. The van der Waals surface area contributed by atoms with Crippen LogP contribution in [0, 0.1) is 0 Å². The molecule has 2 N–H and O–H groups in total. The Balaban J connectivity index is 1.69. The van der Waals surface area contributed by atoms with Gasteiger partial charge in [0.25, 0.3) is 0 Å². The SMILES string of the molecule is O=C(Cc1cccnc1)N(c1cccc2cc[nH]c12)C1CCC(O)CC1. The number of aromatic amines is 1. The predicted molar refractivity (Wildman–Crippen MR) is 102 cm³/mol. The van der Waals surface area contributed by atoms with Crippen LogP contribution in [0.15, 0.2) is 55.0 Å². The number of H-pyrrole nitrogens is 1. The molecule has 0 unspecified atom stereocenters. The Morgan fingerprint density at radius 1 is 1.15 bits per heavy atom. The molecule has 134 valence electrons. The van der Waals surface area contributed by atoms with Crippen molar-refractivity contribution >= 4 is 22.5 Å². The quantitative estimate of drug-likeness (QED) is 0.758. The van der Waals surface area contributed by atoms with Gasteiger partial charge in [-0.15, -0.1) is 0 Å². The minimum Gasteiger partial charge on any atom is -0.393 e. The molecule has 1 aromatic carbocycles. The lowest BCUT2D eigenvalue weighted by Crippen LogP contribution is -2.44. The summed E-state index contributed by atoms with van der Waals surface area (Å²) in [5.74, 6) is 0.0708. The van der Waals surface area contributed by atoms with E-state index in [1.54, 1.807) is 12.4 Å². The topological polar surface area (TPSA) is 69.2 Å². The van der Waals surface area contributed by atoms with Gasteiger partial charge in [0.1, 0.15) is 0 Å². The number of pyridine rings is 1. The van der Waals surface area contributed by atoms with Crippen molar-refractivity contribution in [3.05, 3.63) is 60.6 Å². The van der Waals surface area contributed by atoms with Crippen LogP contribution < -0.4 is 4.90 Å². The highest BCUT2D eigenvalue weighted by atomic mass is 16.3. The normalized spacial score (nSPS) is 20.2. The summed E-state index contributed by atoms with van der Waals surface area (Å²) in [6.07, 6.45) is 8.55. The van der Waals surface area contributed by atoms with Crippen molar-refractivity contribution < 1.29 is 9.90 Å². The molecular formula is C21H23N3O2. The van der Waals surface area contributed by atoms with Crippen LogP contribution >= 0.6 is 0 Å². The first-order chi connectivity index (χ1) is 12.7. The molecule has 1 amide bonds. The number of hydrogen-bond donors (Lipinski definition) is 2. The van der Waals surface area contributed by atoms with Crippen LogP contribution in [-0.2, 0) is 11.2 Å². The van der Waals surface area contributed by atoms with Crippen LogP contribution in [-0.4, -0.2) is 33.1 Å². The number of aliphatic hydroxyl groups is 1. The van der Waals surface area contributed by atoms with E-state index in [0.717, 1.165) is 47.8 Å². The molecule has 5 nitrogen and oxygen atoms in total. The Hall–Kier alpha value is -2.66. The summed E-state index contributed by atoms with van der Waals surface area (Å²) in [7, 11) is 0. The summed E-state index contributed by atoms with van der Waals surface area (Å²) < 4.78 is 0. The zero-order chi connectivity index (χ0) is 17.9. The van der Waals surface area contributed by atoms with Crippen LogP contribution in [0.4, 0.5) is 5.69 Å². The van der Waals surface area contributed by atoms with E-state index in [1.807, 2.05) is 47.5 Å². The molecule has 26 heavy (non-hydrogen) atoms. The van der Waals surface area contributed by atoms with Gasteiger partial charge < -0.3 is 15.0 Å². The third-order valence-corrected chi connectivity index (χ3v) is 5.20. The van der Waals surface area contributed by atoms with E-state index in [4.69, 9.17) is 0 Å². The van der Waals surface area contributed by atoms with Gasteiger partial charge in [-0.25, -0.2) is 0 Å². The van der Waals surface area contributed by atoms with E-state index >= 15 is 0 Å². The highest BCUT2D eigenvalue weighted by Gasteiger charge is 2.30. The second-order valence-corrected chi connectivity index (χ2v) is 6.98. The van der Waals surface area contributed by atoms with Gasteiger partial charge in [-0.05, 0) is 49.4 Å². The number of anilines is 1. The van der Waals surface area contributed by atoms with Crippen molar-refractivity contribution in [1.29, 1.82) is 0 Å². The van der Waals surface area contributed by atoms with Crippen LogP contribution in [0.1, 0.15) is 31.2 Å². The summed E-state index contributed by atoms with van der Waals surface area (Å²) in [6.45, 7) is 0. The first-order valence-corrected chi connectivity index (χ1v) is 9.17. The number of amides is 1. The third kappa shape index (κ3) is 3.35. The summed E-state index contributed by atoms with van der Waals surface area (Å²) in [5, 5.41) is 11.0. The number of carbonyl (C=O) groups is 1. The van der Waals surface area contributed by atoms with Gasteiger partial charge in [-0.2, -0.15) is 0 Å². The zero-order valence-corrected chi connectivity index (χ0v) is 14.6. The van der Waals surface area contributed by atoms with E-state index in [-0.39, 0.29) is 18.1 Å². The van der Waals surface area contributed by atoms with Gasteiger partial charge in [0, 0.05) is 30.0 Å². The first-order valence-electron chi connectivity index (χ1n) is 9.17. The van der Waals surface area contributed by atoms with Gasteiger partial charge >= 0.3 is 0 Å². The average Bonchev–Trinajstić information content (AvgIpc) is 3.14. The Labute approximate surface area is 152 Å². The summed E-state index contributed by atoms with van der Waals surface area (Å²) in [4.78, 5) is 22.6. The molecule has 1 aliphatic carbocycles. The van der Waals surface area contributed by atoms with Crippen molar-refractivity contribution in [3.8, 4) is 0 Å². The number of hydrogen-bond acceptors (Lipinski definition) is 3. The number of rotatable bonds is 4. The van der Waals surface area contributed by atoms with Gasteiger partial charge in [0.2, 0.25) is 5.91 Å². The molecule has 1 fully saturated rings.